The van der Waals surface area contributed by atoms with Crippen LogP contribution in [-0.4, -0.2) is 30.1 Å². The summed E-state index contributed by atoms with van der Waals surface area (Å²) in [6, 6.07) is 6.80. The van der Waals surface area contributed by atoms with Gasteiger partial charge in [-0.05, 0) is 43.4 Å². The maximum atomic E-state index is 13.8. The first-order valence-corrected chi connectivity index (χ1v) is 7.95. The third-order valence-corrected chi connectivity index (χ3v) is 4.84. The van der Waals surface area contributed by atoms with Crippen LogP contribution in [0.2, 0.25) is 0 Å². The van der Waals surface area contributed by atoms with Crippen LogP contribution in [0.15, 0.2) is 18.2 Å². The number of halogens is 1. The molecule has 21 heavy (non-hydrogen) atoms. The van der Waals surface area contributed by atoms with Crippen molar-refractivity contribution in [3.05, 3.63) is 35.1 Å². The van der Waals surface area contributed by atoms with Crippen LogP contribution in [0.3, 0.4) is 0 Å². The fraction of sp³-hybridized carbons (Fsp3) is 0.667. The van der Waals surface area contributed by atoms with Crippen molar-refractivity contribution in [3.63, 3.8) is 0 Å². The van der Waals surface area contributed by atoms with Crippen molar-refractivity contribution in [1.29, 1.82) is 0 Å². The number of hydrogen-bond acceptors (Lipinski definition) is 2. The number of nitrogens with zero attached hydrogens (tertiary/aromatic N) is 1. The van der Waals surface area contributed by atoms with E-state index in [9.17, 15) is 4.39 Å². The van der Waals surface area contributed by atoms with Crippen LogP contribution in [0, 0.1) is 18.2 Å². The topological polar surface area (TPSA) is 15.3 Å². The zero-order chi connectivity index (χ0) is 15.8. The summed E-state index contributed by atoms with van der Waals surface area (Å²) in [6.07, 6.45) is 0. The van der Waals surface area contributed by atoms with Crippen LogP contribution >= 0.6 is 0 Å². The Morgan fingerprint density at radius 3 is 2.57 bits per heavy atom. The van der Waals surface area contributed by atoms with Crippen molar-refractivity contribution in [2.24, 2.45) is 5.41 Å². The van der Waals surface area contributed by atoms with Gasteiger partial charge in [0, 0.05) is 31.2 Å². The van der Waals surface area contributed by atoms with Crippen molar-refractivity contribution >= 4 is 0 Å². The van der Waals surface area contributed by atoms with Gasteiger partial charge < -0.3 is 5.32 Å². The van der Waals surface area contributed by atoms with Gasteiger partial charge in [-0.15, -0.1) is 0 Å². The molecular weight excluding hydrogens is 263 g/mol. The van der Waals surface area contributed by atoms with Gasteiger partial charge in [-0.3, -0.25) is 4.90 Å². The first-order chi connectivity index (χ1) is 9.70. The molecular formula is C18H29FN2. The van der Waals surface area contributed by atoms with Crippen molar-refractivity contribution in [2.75, 3.05) is 13.1 Å². The van der Waals surface area contributed by atoms with E-state index in [1.54, 1.807) is 6.07 Å². The average Bonchev–Trinajstić information content (AvgIpc) is 2.40. The molecule has 2 nitrogen and oxygen atoms in total. The van der Waals surface area contributed by atoms with E-state index in [0.29, 0.717) is 17.6 Å². The van der Waals surface area contributed by atoms with Crippen LogP contribution in [0.5, 0.6) is 0 Å². The predicted octanol–water partition coefficient (Wildman–Crippen LogP) is 3.90. The lowest BCUT2D eigenvalue weighted by atomic mass is 9.84. The summed E-state index contributed by atoms with van der Waals surface area (Å²) in [5.41, 5.74) is 2.02. The Balaban J connectivity index is 2.19. The quantitative estimate of drug-likeness (QED) is 0.889. The molecule has 3 unspecified atom stereocenters. The fourth-order valence-corrected chi connectivity index (χ4v) is 3.07. The highest BCUT2D eigenvalue weighted by Crippen LogP contribution is 2.30. The molecule has 0 amide bonds. The molecule has 1 saturated heterocycles. The van der Waals surface area contributed by atoms with Gasteiger partial charge in [0.2, 0.25) is 0 Å². The summed E-state index contributed by atoms with van der Waals surface area (Å²) in [6.45, 7) is 15.0. The maximum Gasteiger partial charge on any atom is 0.126 e. The van der Waals surface area contributed by atoms with Crippen molar-refractivity contribution < 1.29 is 4.39 Å². The minimum Gasteiger partial charge on any atom is -0.311 e. The Bertz CT molecular complexity index is 492. The molecule has 1 aromatic carbocycles. The molecule has 0 radical (unpaired) electrons. The number of benzene rings is 1. The average molecular weight is 292 g/mol. The van der Waals surface area contributed by atoms with Crippen LogP contribution in [0.25, 0.3) is 0 Å². The van der Waals surface area contributed by atoms with Gasteiger partial charge in [0.05, 0.1) is 0 Å². The van der Waals surface area contributed by atoms with Gasteiger partial charge >= 0.3 is 0 Å². The van der Waals surface area contributed by atoms with Crippen molar-refractivity contribution in [3.8, 4) is 0 Å². The smallest absolute Gasteiger partial charge is 0.126 e. The second-order valence-electron chi connectivity index (χ2n) is 7.56. The van der Waals surface area contributed by atoms with Crippen molar-refractivity contribution in [1.82, 2.24) is 10.2 Å². The molecule has 1 aromatic rings. The molecule has 1 heterocycles. The lowest BCUT2D eigenvalue weighted by Crippen LogP contribution is -2.59. The minimum absolute atomic E-state index is 0.102. The Morgan fingerprint density at radius 1 is 1.33 bits per heavy atom. The Hall–Kier alpha value is -0.930. The van der Waals surface area contributed by atoms with E-state index in [1.807, 2.05) is 13.0 Å². The molecule has 1 aliphatic rings. The number of rotatable bonds is 2. The number of piperazine rings is 1. The summed E-state index contributed by atoms with van der Waals surface area (Å²) in [7, 11) is 0. The lowest BCUT2D eigenvalue weighted by molar-refractivity contribution is 0.0627. The largest absolute Gasteiger partial charge is 0.311 e. The summed E-state index contributed by atoms with van der Waals surface area (Å²) >= 11 is 0. The van der Waals surface area contributed by atoms with Crippen LogP contribution < -0.4 is 5.32 Å². The predicted molar refractivity (Wildman–Crippen MR) is 87.0 cm³/mol. The normalized spacial score (nSPS) is 25.9. The molecule has 0 saturated carbocycles. The summed E-state index contributed by atoms with van der Waals surface area (Å²) in [4.78, 5) is 2.50. The van der Waals surface area contributed by atoms with Gasteiger partial charge in [0.25, 0.3) is 0 Å². The van der Waals surface area contributed by atoms with Gasteiger partial charge in [-0.25, -0.2) is 4.39 Å². The number of hydrogen-bond donors (Lipinski definition) is 1. The van der Waals surface area contributed by atoms with Crippen LogP contribution in [0.4, 0.5) is 4.39 Å². The monoisotopic (exact) mass is 292 g/mol. The highest BCUT2D eigenvalue weighted by Gasteiger charge is 2.34. The molecule has 118 valence electrons. The fourth-order valence-electron chi connectivity index (χ4n) is 3.07. The molecule has 1 N–H and O–H groups in total. The third kappa shape index (κ3) is 3.64. The van der Waals surface area contributed by atoms with Gasteiger partial charge in [0.1, 0.15) is 5.82 Å². The molecule has 0 aliphatic carbocycles. The second-order valence-corrected chi connectivity index (χ2v) is 7.56. The van der Waals surface area contributed by atoms with E-state index in [2.05, 4.69) is 50.9 Å². The molecule has 3 heteroatoms. The van der Waals surface area contributed by atoms with Crippen LogP contribution in [-0.2, 0) is 0 Å². The Morgan fingerprint density at radius 2 is 2.00 bits per heavy atom. The van der Waals surface area contributed by atoms with E-state index in [0.717, 1.165) is 18.7 Å². The van der Waals surface area contributed by atoms with E-state index < -0.39 is 0 Å². The Labute approximate surface area is 128 Å². The number of aryl methyl sites for hydroxylation is 1. The van der Waals surface area contributed by atoms with E-state index in [-0.39, 0.29) is 17.3 Å². The SMILES string of the molecule is Cc1ccc(C(C)N2CC(C(C)(C)C)NCC2C)cc1F. The summed E-state index contributed by atoms with van der Waals surface area (Å²) in [5.74, 6) is -0.102. The molecule has 2 rings (SSSR count). The van der Waals surface area contributed by atoms with E-state index in [1.165, 1.54) is 0 Å². The van der Waals surface area contributed by atoms with Crippen molar-refractivity contribution in [2.45, 2.75) is 59.7 Å². The lowest BCUT2D eigenvalue weighted by Gasteiger charge is -2.46. The summed E-state index contributed by atoms with van der Waals surface area (Å²) < 4.78 is 13.8. The van der Waals surface area contributed by atoms with Gasteiger partial charge in [-0.1, -0.05) is 32.9 Å². The van der Waals surface area contributed by atoms with E-state index >= 15 is 0 Å². The zero-order valence-corrected chi connectivity index (χ0v) is 14.2. The van der Waals surface area contributed by atoms with Crippen LogP contribution in [0.1, 0.15) is 51.8 Å². The molecule has 3 atom stereocenters. The third-order valence-electron chi connectivity index (χ3n) is 4.84. The molecule has 0 aromatic heterocycles. The summed E-state index contributed by atoms with van der Waals surface area (Å²) in [5, 5.41) is 3.65. The maximum absolute atomic E-state index is 13.8. The minimum atomic E-state index is -0.102. The number of nitrogens with one attached hydrogen (secondary N) is 1. The molecule has 0 bridgehead atoms. The highest BCUT2D eigenvalue weighted by molar-refractivity contribution is 5.25. The molecule has 1 fully saturated rings. The van der Waals surface area contributed by atoms with Gasteiger partial charge in [-0.2, -0.15) is 0 Å². The first-order valence-electron chi connectivity index (χ1n) is 7.95. The zero-order valence-electron chi connectivity index (χ0n) is 14.2. The first kappa shape index (κ1) is 16.4. The van der Waals surface area contributed by atoms with Gasteiger partial charge in [0.15, 0.2) is 0 Å². The highest BCUT2D eigenvalue weighted by atomic mass is 19.1. The Kier molecular flexibility index (Phi) is 4.74. The standard InChI is InChI=1S/C18H29FN2/c1-12-7-8-15(9-16(12)19)14(3)21-11-17(18(4,5)6)20-10-13(21)2/h7-9,13-14,17,20H,10-11H2,1-6H3. The second kappa shape index (κ2) is 6.05. The van der Waals surface area contributed by atoms with E-state index in [4.69, 9.17) is 0 Å². The molecule has 0 spiro atoms. The molecule has 1 aliphatic heterocycles.